The molecule has 2 unspecified atom stereocenters. The molecule has 1 saturated heterocycles. The number of aryl methyl sites for hydroxylation is 3. The molecule has 0 radical (unpaired) electrons. The standard InChI is InChI=1S/C15H22O6/c1-7-4-8(2)13(9(3)5-7)20-6-10(16)14-11(17)12(18)15(19)21-14/h4-5,10-12,14-19H,6H2,1-3H3/t10?,11-,12-,14?,15+/m1/s1. The van der Waals surface area contributed by atoms with Crippen LogP contribution in [0.15, 0.2) is 12.1 Å². The van der Waals surface area contributed by atoms with Crippen LogP contribution in [0, 0.1) is 20.8 Å². The molecule has 0 spiro atoms. The van der Waals surface area contributed by atoms with Crippen molar-refractivity contribution < 1.29 is 29.9 Å². The lowest BCUT2D eigenvalue weighted by atomic mass is 10.1. The van der Waals surface area contributed by atoms with Gasteiger partial charge in [0.1, 0.15) is 36.8 Å². The third-order valence-electron chi connectivity index (χ3n) is 3.66. The van der Waals surface area contributed by atoms with Crippen molar-refractivity contribution in [1.29, 1.82) is 0 Å². The van der Waals surface area contributed by atoms with Crippen LogP contribution < -0.4 is 4.74 Å². The summed E-state index contributed by atoms with van der Waals surface area (Å²) in [5.41, 5.74) is 3.03. The first-order valence-electron chi connectivity index (χ1n) is 6.89. The zero-order valence-corrected chi connectivity index (χ0v) is 12.4. The average Bonchev–Trinajstić information content (AvgIpc) is 2.65. The van der Waals surface area contributed by atoms with E-state index in [4.69, 9.17) is 9.47 Å². The molecule has 1 aromatic carbocycles. The molecule has 118 valence electrons. The van der Waals surface area contributed by atoms with E-state index in [-0.39, 0.29) is 6.61 Å². The normalized spacial score (nSPS) is 30.4. The zero-order chi connectivity index (χ0) is 15.7. The largest absolute Gasteiger partial charge is 0.490 e. The molecule has 0 bridgehead atoms. The van der Waals surface area contributed by atoms with Gasteiger partial charge < -0.3 is 29.9 Å². The summed E-state index contributed by atoms with van der Waals surface area (Å²) in [6, 6.07) is 3.95. The summed E-state index contributed by atoms with van der Waals surface area (Å²) in [4.78, 5) is 0. The molecule has 1 aliphatic rings. The van der Waals surface area contributed by atoms with Crippen molar-refractivity contribution in [3.63, 3.8) is 0 Å². The highest BCUT2D eigenvalue weighted by Gasteiger charge is 2.45. The van der Waals surface area contributed by atoms with E-state index in [1.165, 1.54) is 0 Å². The zero-order valence-electron chi connectivity index (χ0n) is 12.4. The second-order valence-electron chi connectivity index (χ2n) is 5.58. The van der Waals surface area contributed by atoms with Gasteiger partial charge in [-0.1, -0.05) is 17.7 Å². The smallest absolute Gasteiger partial charge is 0.184 e. The van der Waals surface area contributed by atoms with Gasteiger partial charge in [0, 0.05) is 0 Å². The maximum absolute atomic E-state index is 10.0. The first kappa shape index (κ1) is 16.2. The van der Waals surface area contributed by atoms with Gasteiger partial charge in [0.05, 0.1) is 0 Å². The van der Waals surface area contributed by atoms with E-state index in [1.54, 1.807) is 0 Å². The molecule has 1 aromatic rings. The van der Waals surface area contributed by atoms with E-state index in [2.05, 4.69) is 0 Å². The van der Waals surface area contributed by atoms with E-state index in [0.29, 0.717) is 5.75 Å². The Labute approximate surface area is 123 Å². The first-order valence-corrected chi connectivity index (χ1v) is 6.89. The maximum atomic E-state index is 10.0. The summed E-state index contributed by atoms with van der Waals surface area (Å²) in [5.74, 6) is 0.674. The molecule has 4 N–H and O–H groups in total. The number of hydrogen-bond acceptors (Lipinski definition) is 6. The summed E-state index contributed by atoms with van der Waals surface area (Å²) in [7, 11) is 0. The van der Waals surface area contributed by atoms with E-state index < -0.39 is 30.7 Å². The molecule has 2 rings (SSSR count). The molecule has 1 heterocycles. The lowest BCUT2D eigenvalue weighted by Gasteiger charge is -2.22. The van der Waals surface area contributed by atoms with Crippen molar-refractivity contribution in [2.75, 3.05) is 6.61 Å². The van der Waals surface area contributed by atoms with Gasteiger partial charge in [0.2, 0.25) is 0 Å². The van der Waals surface area contributed by atoms with Crippen LogP contribution in [0.1, 0.15) is 16.7 Å². The van der Waals surface area contributed by atoms with Gasteiger partial charge in [0.25, 0.3) is 0 Å². The van der Waals surface area contributed by atoms with Gasteiger partial charge in [-0.15, -0.1) is 0 Å². The minimum Gasteiger partial charge on any atom is -0.490 e. The van der Waals surface area contributed by atoms with Gasteiger partial charge in [-0.25, -0.2) is 0 Å². The Hall–Kier alpha value is -1.18. The molecule has 6 nitrogen and oxygen atoms in total. The van der Waals surface area contributed by atoms with Crippen LogP contribution in [-0.4, -0.2) is 57.7 Å². The van der Waals surface area contributed by atoms with Gasteiger partial charge in [-0.3, -0.25) is 0 Å². The number of ether oxygens (including phenoxy) is 2. The molecule has 0 saturated carbocycles. The summed E-state index contributed by atoms with van der Waals surface area (Å²) >= 11 is 0. The Morgan fingerprint density at radius 3 is 2.14 bits per heavy atom. The quantitative estimate of drug-likeness (QED) is 0.614. The van der Waals surface area contributed by atoms with Crippen LogP contribution in [0.25, 0.3) is 0 Å². The summed E-state index contributed by atoms with van der Waals surface area (Å²) in [5, 5.41) is 38.4. The van der Waals surface area contributed by atoms with Crippen LogP contribution in [0.3, 0.4) is 0 Å². The Bertz CT molecular complexity index is 480. The van der Waals surface area contributed by atoms with Gasteiger partial charge in [-0.2, -0.15) is 0 Å². The van der Waals surface area contributed by atoms with E-state index in [9.17, 15) is 20.4 Å². The number of aliphatic hydroxyl groups excluding tert-OH is 4. The maximum Gasteiger partial charge on any atom is 0.184 e. The van der Waals surface area contributed by atoms with Crippen LogP contribution in [0.5, 0.6) is 5.75 Å². The topological polar surface area (TPSA) is 99.4 Å². The summed E-state index contributed by atoms with van der Waals surface area (Å²) in [6.07, 6.45) is -6.51. The molecule has 6 heteroatoms. The molecule has 21 heavy (non-hydrogen) atoms. The second-order valence-corrected chi connectivity index (χ2v) is 5.58. The highest BCUT2D eigenvalue weighted by molar-refractivity contribution is 5.42. The fourth-order valence-corrected chi connectivity index (χ4v) is 2.66. The minimum atomic E-state index is -1.50. The molecule has 5 atom stereocenters. The van der Waals surface area contributed by atoms with E-state index in [1.807, 2.05) is 32.9 Å². The Balaban J connectivity index is 2.00. The average molecular weight is 298 g/mol. The van der Waals surface area contributed by atoms with Gasteiger partial charge >= 0.3 is 0 Å². The number of rotatable bonds is 4. The second kappa shape index (κ2) is 6.29. The van der Waals surface area contributed by atoms with E-state index >= 15 is 0 Å². The van der Waals surface area contributed by atoms with Gasteiger partial charge in [-0.05, 0) is 31.9 Å². The SMILES string of the molecule is Cc1cc(C)c(OCC(O)C2O[C@H](O)[C@H](O)[C@H]2O)c(C)c1. The lowest BCUT2D eigenvalue weighted by Crippen LogP contribution is -2.41. The highest BCUT2D eigenvalue weighted by Crippen LogP contribution is 2.26. The van der Waals surface area contributed by atoms with Crippen molar-refractivity contribution >= 4 is 0 Å². The van der Waals surface area contributed by atoms with Crippen LogP contribution in [-0.2, 0) is 4.74 Å². The molecule has 1 fully saturated rings. The van der Waals surface area contributed by atoms with Crippen LogP contribution >= 0.6 is 0 Å². The molecular weight excluding hydrogens is 276 g/mol. The molecular formula is C15H22O6. The first-order chi connectivity index (χ1) is 9.81. The Kier molecular flexibility index (Phi) is 4.85. The van der Waals surface area contributed by atoms with Crippen molar-refractivity contribution in [3.05, 3.63) is 28.8 Å². The summed E-state index contributed by atoms with van der Waals surface area (Å²) < 4.78 is 10.6. The predicted octanol–water partition coefficient (Wildman–Crippen LogP) is -0.209. The van der Waals surface area contributed by atoms with Crippen LogP contribution in [0.2, 0.25) is 0 Å². The minimum absolute atomic E-state index is 0.105. The van der Waals surface area contributed by atoms with E-state index in [0.717, 1.165) is 16.7 Å². The molecule has 0 amide bonds. The van der Waals surface area contributed by atoms with Gasteiger partial charge in [0.15, 0.2) is 6.29 Å². The fraction of sp³-hybridized carbons (Fsp3) is 0.600. The lowest BCUT2D eigenvalue weighted by molar-refractivity contribution is -0.149. The Morgan fingerprint density at radius 2 is 1.67 bits per heavy atom. The third-order valence-corrected chi connectivity index (χ3v) is 3.66. The molecule has 0 aromatic heterocycles. The van der Waals surface area contributed by atoms with Crippen molar-refractivity contribution in [2.45, 2.75) is 51.5 Å². The highest BCUT2D eigenvalue weighted by atomic mass is 16.7. The summed E-state index contributed by atoms with van der Waals surface area (Å²) in [6.45, 7) is 5.71. The van der Waals surface area contributed by atoms with Crippen LogP contribution in [0.4, 0.5) is 0 Å². The fourth-order valence-electron chi connectivity index (χ4n) is 2.66. The van der Waals surface area contributed by atoms with Crippen molar-refractivity contribution in [1.82, 2.24) is 0 Å². The monoisotopic (exact) mass is 298 g/mol. The van der Waals surface area contributed by atoms with Crippen molar-refractivity contribution in [2.24, 2.45) is 0 Å². The number of benzene rings is 1. The molecule has 1 aliphatic heterocycles. The predicted molar refractivity (Wildman–Crippen MR) is 75.0 cm³/mol. The third kappa shape index (κ3) is 3.36. The number of aliphatic hydroxyl groups is 4. The van der Waals surface area contributed by atoms with Crippen molar-refractivity contribution in [3.8, 4) is 5.75 Å². The Morgan fingerprint density at radius 1 is 1.10 bits per heavy atom. The number of hydrogen-bond donors (Lipinski definition) is 4. The molecule has 0 aliphatic carbocycles.